The van der Waals surface area contributed by atoms with Crippen LogP contribution in [-0.2, 0) is 4.74 Å². The van der Waals surface area contributed by atoms with Gasteiger partial charge in [0.1, 0.15) is 12.1 Å². The first-order valence-corrected chi connectivity index (χ1v) is 4.74. The molecule has 0 aromatic carbocycles. The van der Waals surface area contributed by atoms with Crippen LogP contribution in [0.1, 0.15) is 6.42 Å². The van der Waals surface area contributed by atoms with Gasteiger partial charge in [-0.15, -0.1) is 0 Å². The predicted molar refractivity (Wildman–Crippen MR) is 48.6 cm³/mol. The monoisotopic (exact) mass is 193 g/mol. The van der Waals surface area contributed by atoms with Gasteiger partial charge in [-0.1, -0.05) is 12.7 Å². The normalized spacial score (nSPS) is 39.6. The largest absolute Gasteiger partial charge is 0.440 e. The summed E-state index contributed by atoms with van der Waals surface area (Å²) in [5.41, 5.74) is 1.69. The first-order chi connectivity index (χ1) is 6.70. The highest BCUT2D eigenvalue weighted by atomic mass is 16.6. The van der Waals surface area contributed by atoms with Crippen molar-refractivity contribution in [1.29, 1.82) is 0 Å². The van der Waals surface area contributed by atoms with Crippen molar-refractivity contribution in [3.63, 3.8) is 0 Å². The summed E-state index contributed by atoms with van der Waals surface area (Å²) >= 11 is 0. The van der Waals surface area contributed by atoms with Crippen molar-refractivity contribution in [2.75, 3.05) is 6.54 Å². The van der Waals surface area contributed by atoms with E-state index in [9.17, 15) is 9.90 Å². The highest BCUT2D eigenvalue weighted by Crippen LogP contribution is 2.42. The third kappa shape index (κ3) is 0.749. The van der Waals surface area contributed by atoms with Crippen LogP contribution in [-0.4, -0.2) is 40.9 Å². The van der Waals surface area contributed by atoms with Gasteiger partial charge in [0, 0.05) is 6.54 Å². The molecule has 3 aliphatic rings. The third-order valence-corrected chi connectivity index (χ3v) is 3.21. The fraction of sp³-hybridized carbons (Fsp3) is 0.500. The molecular formula is C10H11NO3. The number of carbonyl (C=O) groups is 1. The molecule has 1 aliphatic carbocycles. The lowest BCUT2D eigenvalue weighted by atomic mass is 10.0. The van der Waals surface area contributed by atoms with Crippen LogP contribution in [0.2, 0.25) is 0 Å². The Morgan fingerprint density at radius 1 is 1.64 bits per heavy atom. The maximum Gasteiger partial charge on any atom is 0.410 e. The lowest BCUT2D eigenvalue weighted by Crippen LogP contribution is -2.38. The lowest BCUT2D eigenvalue weighted by Gasteiger charge is -2.25. The van der Waals surface area contributed by atoms with Crippen molar-refractivity contribution < 1.29 is 14.6 Å². The van der Waals surface area contributed by atoms with E-state index in [4.69, 9.17) is 4.74 Å². The molecule has 2 aliphatic heterocycles. The summed E-state index contributed by atoms with van der Waals surface area (Å²) in [5.74, 6) is 0. The van der Waals surface area contributed by atoms with E-state index in [0.717, 1.165) is 12.0 Å². The van der Waals surface area contributed by atoms with Crippen molar-refractivity contribution in [1.82, 2.24) is 4.90 Å². The Kier molecular flexibility index (Phi) is 1.37. The van der Waals surface area contributed by atoms with Gasteiger partial charge in [0.15, 0.2) is 6.10 Å². The van der Waals surface area contributed by atoms with Gasteiger partial charge in [-0.3, -0.25) is 4.90 Å². The van der Waals surface area contributed by atoms with Crippen LogP contribution in [0.5, 0.6) is 0 Å². The second-order valence-corrected chi connectivity index (χ2v) is 3.90. The molecule has 74 valence electrons. The highest BCUT2D eigenvalue weighted by Gasteiger charge is 2.54. The van der Waals surface area contributed by atoms with E-state index in [0.29, 0.717) is 12.1 Å². The van der Waals surface area contributed by atoms with Crippen LogP contribution < -0.4 is 0 Å². The van der Waals surface area contributed by atoms with Gasteiger partial charge in [0.25, 0.3) is 0 Å². The number of rotatable bonds is 0. The summed E-state index contributed by atoms with van der Waals surface area (Å²) in [5, 5.41) is 9.79. The van der Waals surface area contributed by atoms with Crippen molar-refractivity contribution in [2.24, 2.45) is 0 Å². The number of carbonyl (C=O) groups excluding carboxylic acids is 1. The Balaban J connectivity index is 2.10. The summed E-state index contributed by atoms with van der Waals surface area (Å²) in [6.07, 6.45) is 1.41. The van der Waals surface area contributed by atoms with E-state index in [1.807, 2.05) is 0 Å². The predicted octanol–water partition coefficient (Wildman–Crippen LogP) is 0.437. The van der Waals surface area contributed by atoms with Gasteiger partial charge in [-0.25, -0.2) is 4.79 Å². The van der Waals surface area contributed by atoms with Gasteiger partial charge in [-0.05, 0) is 17.6 Å². The molecule has 0 aromatic rings. The minimum Gasteiger partial charge on any atom is -0.440 e. The molecule has 0 radical (unpaired) electrons. The van der Waals surface area contributed by atoms with Crippen LogP contribution in [0.25, 0.3) is 0 Å². The summed E-state index contributed by atoms with van der Waals surface area (Å²) < 4.78 is 5.12. The molecule has 1 saturated carbocycles. The summed E-state index contributed by atoms with van der Waals surface area (Å²) in [4.78, 5) is 13.1. The van der Waals surface area contributed by atoms with Crippen LogP contribution in [0.3, 0.4) is 0 Å². The Morgan fingerprint density at radius 3 is 3.21 bits per heavy atom. The van der Waals surface area contributed by atoms with E-state index >= 15 is 0 Å². The summed E-state index contributed by atoms with van der Waals surface area (Å²) in [6.45, 7) is 4.51. The highest BCUT2D eigenvalue weighted by molar-refractivity contribution is 5.74. The second kappa shape index (κ2) is 2.39. The molecule has 1 amide bonds. The van der Waals surface area contributed by atoms with E-state index in [1.54, 1.807) is 4.90 Å². The molecule has 0 unspecified atom stereocenters. The molecule has 1 saturated heterocycles. The first-order valence-electron chi connectivity index (χ1n) is 4.74. The molecule has 3 rings (SSSR count). The van der Waals surface area contributed by atoms with Crippen molar-refractivity contribution in [3.05, 3.63) is 23.8 Å². The molecule has 0 spiro atoms. The van der Waals surface area contributed by atoms with Gasteiger partial charge < -0.3 is 9.84 Å². The minimum atomic E-state index is -0.724. The standard InChI is InChI=1S/C10H11NO3/c1-5-6-3-2-4-11-7(6)9(8(5)12)14-10(11)13/h3,7-9,12H,1-2,4H2/t7-,8-,9-/m0/s1. The molecule has 1 N–H and O–H groups in total. The van der Waals surface area contributed by atoms with Crippen molar-refractivity contribution in [3.8, 4) is 0 Å². The number of nitrogens with zero attached hydrogens (tertiary/aromatic N) is 1. The second-order valence-electron chi connectivity index (χ2n) is 3.90. The quantitative estimate of drug-likeness (QED) is 0.607. The van der Waals surface area contributed by atoms with E-state index in [2.05, 4.69) is 12.7 Å². The molecule has 14 heavy (non-hydrogen) atoms. The molecule has 2 fully saturated rings. The first kappa shape index (κ1) is 8.05. The number of amides is 1. The van der Waals surface area contributed by atoms with Gasteiger partial charge in [-0.2, -0.15) is 0 Å². The number of ether oxygens (including phenoxy) is 1. The number of aliphatic hydroxyl groups excluding tert-OH is 1. The smallest absolute Gasteiger partial charge is 0.410 e. The van der Waals surface area contributed by atoms with E-state index < -0.39 is 12.2 Å². The Morgan fingerprint density at radius 2 is 2.43 bits per heavy atom. The molecular weight excluding hydrogens is 182 g/mol. The molecule has 3 atom stereocenters. The van der Waals surface area contributed by atoms with Crippen LogP contribution >= 0.6 is 0 Å². The van der Waals surface area contributed by atoms with Crippen LogP contribution in [0.15, 0.2) is 23.8 Å². The van der Waals surface area contributed by atoms with Gasteiger partial charge >= 0.3 is 6.09 Å². The zero-order chi connectivity index (χ0) is 9.87. The van der Waals surface area contributed by atoms with E-state index in [-0.39, 0.29) is 12.1 Å². The van der Waals surface area contributed by atoms with Gasteiger partial charge in [0.2, 0.25) is 0 Å². The van der Waals surface area contributed by atoms with Crippen molar-refractivity contribution in [2.45, 2.75) is 24.7 Å². The maximum atomic E-state index is 11.4. The van der Waals surface area contributed by atoms with Crippen molar-refractivity contribution >= 4 is 6.09 Å². The molecule has 0 aromatic heterocycles. The zero-order valence-corrected chi connectivity index (χ0v) is 7.64. The minimum absolute atomic E-state index is 0.0845. The fourth-order valence-electron chi connectivity index (χ4n) is 2.52. The molecule has 0 bridgehead atoms. The Bertz CT molecular complexity index is 360. The average Bonchev–Trinajstić information content (AvgIpc) is 2.64. The lowest BCUT2D eigenvalue weighted by molar-refractivity contribution is 0.0584. The fourth-order valence-corrected chi connectivity index (χ4v) is 2.52. The third-order valence-electron chi connectivity index (χ3n) is 3.21. The summed E-state index contributed by atoms with van der Waals surface area (Å²) in [6, 6.07) is -0.0845. The maximum absolute atomic E-state index is 11.4. The SMILES string of the molecule is C=C1C2=CCCN3C(=O)O[C@H]([C@H]1O)[C@H]23. The molecule has 2 heterocycles. The van der Waals surface area contributed by atoms with E-state index in [1.165, 1.54) is 0 Å². The van der Waals surface area contributed by atoms with Crippen LogP contribution in [0, 0.1) is 0 Å². The number of aliphatic hydroxyl groups is 1. The average molecular weight is 193 g/mol. The Labute approximate surface area is 81.5 Å². The Hall–Kier alpha value is -1.29. The number of hydrogen-bond donors (Lipinski definition) is 1. The van der Waals surface area contributed by atoms with Gasteiger partial charge in [0.05, 0.1) is 0 Å². The van der Waals surface area contributed by atoms with Crippen LogP contribution in [0.4, 0.5) is 4.79 Å². The zero-order valence-electron chi connectivity index (χ0n) is 7.64. The molecule has 4 heteroatoms. The molecule has 4 nitrogen and oxygen atoms in total. The summed E-state index contributed by atoms with van der Waals surface area (Å²) in [7, 11) is 0. The number of hydrogen-bond acceptors (Lipinski definition) is 3. The topological polar surface area (TPSA) is 49.8 Å².